The molecule has 3 rings (SSSR count). The quantitative estimate of drug-likeness (QED) is 0.861. The molecule has 1 heterocycles. The summed E-state index contributed by atoms with van der Waals surface area (Å²) < 4.78 is 0. The molecule has 96 valence electrons. The van der Waals surface area contributed by atoms with Crippen molar-refractivity contribution >= 4 is 5.91 Å². The summed E-state index contributed by atoms with van der Waals surface area (Å²) in [6, 6.07) is 10.0. The molecule has 1 aliphatic carbocycles. The van der Waals surface area contributed by atoms with Crippen molar-refractivity contribution in [3.63, 3.8) is 0 Å². The van der Waals surface area contributed by atoms with Crippen LogP contribution < -0.4 is 0 Å². The maximum absolute atomic E-state index is 12.6. The molecule has 1 unspecified atom stereocenters. The van der Waals surface area contributed by atoms with E-state index in [0.29, 0.717) is 19.5 Å². The Balaban J connectivity index is 1.82. The van der Waals surface area contributed by atoms with Crippen LogP contribution in [-0.2, 0) is 10.2 Å². The fourth-order valence-electron chi connectivity index (χ4n) is 2.93. The summed E-state index contributed by atoms with van der Waals surface area (Å²) in [6.45, 7) is 2.96. The zero-order chi connectivity index (χ0) is 12.8. The number of nitrogens with zero attached hydrogens (tertiary/aromatic N) is 1. The van der Waals surface area contributed by atoms with Crippen molar-refractivity contribution in [2.75, 3.05) is 13.1 Å². The number of aliphatic hydroxyl groups is 1. The second-order valence-corrected chi connectivity index (χ2v) is 5.92. The molecule has 0 bridgehead atoms. The summed E-state index contributed by atoms with van der Waals surface area (Å²) in [5.41, 5.74) is 0.131. The third kappa shape index (κ3) is 1.83. The minimum absolute atomic E-state index is 0.200. The molecular weight excluding hydrogens is 226 g/mol. The molecule has 1 aromatic rings. The molecule has 18 heavy (non-hydrogen) atoms. The maximum Gasteiger partial charge on any atom is 0.233 e. The van der Waals surface area contributed by atoms with Crippen LogP contribution in [0.4, 0.5) is 0 Å². The van der Waals surface area contributed by atoms with Crippen LogP contribution in [-0.4, -0.2) is 34.6 Å². The van der Waals surface area contributed by atoms with Gasteiger partial charge in [0.25, 0.3) is 0 Å². The van der Waals surface area contributed by atoms with E-state index in [2.05, 4.69) is 0 Å². The van der Waals surface area contributed by atoms with E-state index >= 15 is 0 Å². The Morgan fingerprint density at radius 3 is 2.39 bits per heavy atom. The summed E-state index contributed by atoms with van der Waals surface area (Å²) in [6.07, 6.45) is 2.56. The molecule has 1 N–H and O–H groups in total. The van der Waals surface area contributed by atoms with Gasteiger partial charge in [-0.2, -0.15) is 0 Å². The van der Waals surface area contributed by atoms with Gasteiger partial charge in [0.05, 0.1) is 11.0 Å². The lowest BCUT2D eigenvalue weighted by atomic mass is 9.94. The molecule has 1 saturated carbocycles. The lowest BCUT2D eigenvalue weighted by molar-refractivity contribution is -0.133. The van der Waals surface area contributed by atoms with Crippen LogP contribution in [0.25, 0.3) is 0 Å². The van der Waals surface area contributed by atoms with Gasteiger partial charge in [-0.1, -0.05) is 30.3 Å². The van der Waals surface area contributed by atoms with E-state index in [4.69, 9.17) is 0 Å². The highest BCUT2D eigenvalue weighted by atomic mass is 16.3. The molecule has 2 fully saturated rings. The minimum Gasteiger partial charge on any atom is -0.388 e. The molecule has 1 aromatic carbocycles. The second-order valence-electron chi connectivity index (χ2n) is 5.92. The van der Waals surface area contributed by atoms with Crippen LogP contribution in [0.5, 0.6) is 0 Å². The largest absolute Gasteiger partial charge is 0.388 e. The minimum atomic E-state index is -0.706. The molecule has 0 radical (unpaired) electrons. The Bertz CT molecular complexity index is 463. The summed E-state index contributed by atoms with van der Waals surface area (Å²) in [5, 5.41) is 9.98. The molecule has 1 amide bonds. The molecular formula is C15H19NO2. The number of carbonyl (C=O) groups excluding carboxylic acids is 1. The lowest BCUT2D eigenvalue weighted by Gasteiger charge is -2.24. The van der Waals surface area contributed by atoms with Crippen LogP contribution in [0.3, 0.4) is 0 Å². The van der Waals surface area contributed by atoms with Crippen molar-refractivity contribution in [1.29, 1.82) is 0 Å². The van der Waals surface area contributed by atoms with Gasteiger partial charge in [-0.3, -0.25) is 4.79 Å². The van der Waals surface area contributed by atoms with E-state index < -0.39 is 5.60 Å². The van der Waals surface area contributed by atoms with Gasteiger partial charge in [-0.25, -0.2) is 0 Å². The van der Waals surface area contributed by atoms with Gasteiger partial charge < -0.3 is 10.0 Å². The Labute approximate surface area is 107 Å². The lowest BCUT2D eigenvalue weighted by Crippen LogP contribution is -2.40. The third-order valence-corrected chi connectivity index (χ3v) is 4.22. The van der Waals surface area contributed by atoms with Crippen LogP contribution in [0.1, 0.15) is 31.7 Å². The van der Waals surface area contributed by atoms with Crippen LogP contribution in [0.2, 0.25) is 0 Å². The van der Waals surface area contributed by atoms with Crippen molar-refractivity contribution in [3.8, 4) is 0 Å². The van der Waals surface area contributed by atoms with E-state index in [-0.39, 0.29) is 11.3 Å². The second kappa shape index (κ2) is 3.82. The molecule has 3 heteroatoms. The summed E-state index contributed by atoms with van der Waals surface area (Å²) >= 11 is 0. The maximum atomic E-state index is 12.6. The average molecular weight is 245 g/mol. The van der Waals surface area contributed by atoms with Gasteiger partial charge >= 0.3 is 0 Å². The Morgan fingerprint density at radius 2 is 1.89 bits per heavy atom. The highest BCUT2D eigenvalue weighted by Gasteiger charge is 2.54. The molecule has 0 aromatic heterocycles. The highest BCUT2D eigenvalue weighted by Crippen LogP contribution is 2.50. The van der Waals surface area contributed by atoms with E-state index in [1.54, 1.807) is 0 Å². The van der Waals surface area contributed by atoms with Crippen LogP contribution in [0.15, 0.2) is 30.3 Å². The summed E-state index contributed by atoms with van der Waals surface area (Å²) in [5.74, 6) is 0.200. The normalized spacial score (nSPS) is 29.3. The predicted molar refractivity (Wildman–Crippen MR) is 69.2 cm³/mol. The molecule has 1 atom stereocenters. The standard InChI is InChI=1S/C15H19NO2/c1-14(18)9-10-16(11-14)13(17)15(7-8-15)12-5-3-2-4-6-12/h2-6,18H,7-11H2,1H3. The first-order valence-electron chi connectivity index (χ1n) is 6.61. The molecule has 1 saturated heterocycles. The van der Waals surface area contributed by atoms with Gasteiger partial charge in [-0.05, 0) is 31.7 Å². The highest BCUT2D eigenvalue weighted by molar-refractivity contribution is 5.91. The monoisotopic (exact) mass is 245 g/mol. The third-order valence-electron chi connectivity index (χ3n) is 4.22. The van der Waals surface area contributed by atoms with Crippen molar-refractivity contribution in [2.24, 2.45) is 0 Å². The van der Waals surface area contributed by atoms with E-state index in [0.717, 1.165) is 18.4 Å². The van der Waals surface area contributed by atoms with Crippen molar-refractivity contribution < 1.29 is 9.90 Å². The number of β-amino-alcohol motifs (C(OH)–C–C–N with tert-alkyl or cyclic N) is 1. The number of rotatable bonds is 2. The fraction of sp³-hybridized carbons (Fsp3) is 0.533. The van der Waals surface area contributed by atoms with Gasteiger partial charge in [0.1, 0.15) is 0 Å². The predicted octanol–water partition coefficient (Wildman–Crippen LogP) is 1.70. The topological polar surface area (TPSA) is 40.5 Å². The number of benzene rings is 1. The van der Waals surface area contributed by atoms with Crippen LogP contribution >= 0.6 is 0 Å². The molecule has 3 nitrogen and oxygen atoms in total. The van der Waals surface area contributed by atoms with Gasteiger partial charge in [0.2, 0.25) is 5.91 Å². The first-order valence-corrected chi connectivity index (χ1v) is 6.61. The first kappa shape index (κ1) is 11.7. The zero-order valence-electron chi connectivity index (χ0n) is 10.7. The van der Waals surface area contributed by atoms with E-state index in [1.807, 2.05) is 42.2 Å². The Kier molecular flexibility index (Phi) is 2.49. The van der Waals surface area contributed by atoms with Gasteiger partial charge in [-0.15, -0.1) is 0 Å². The van der Waals surface area contributed by atoms with Crippen molar-refractivity contribution in [2.45, 2.75) is 37.2 Å². The SMILES string of the molecule is CC1(O)CCN(C(=O)C2(c3ccccc3)CC2)C1. The number of carbonyl (C=O) groups is 1. The smallest absolute Gasteiger partial charge is 0.233 e. The van der Waals surface area contributed by atoms with Gasteiger partial charge in [0, 0.05) is 13.1 Å². The fourth-order valence-corrected chi connectivity index (χ4v) is 2.93. The van der Waals surface area contributed by atoms with Crippen LogP contribution in [0, 0.1) is 0 Å². The average Bonchev–Trinajstić information content (AvgIpc) is 3.09. The Morgan fingerprint density at radius 1 is 1.22 bits per heavy atom. The summed E-state index contributed by atoms with van der Waals surface area (Å²) in [4.78, 5) is 14.5. The number of amides is 1. The number of hydrogen-bond donors (Lipinski definition) is 1. The van der Waals surface area contributed by atoms with E-state index in [9.17, 15) is 9.90 Å². The first-order chi connectivity index (χ1) is 8.54. The zero-order valence-corrected chi connectivity index (χ0v) is 10.7. The van der Waals surface area contributed by atoms with Crippen molar-refractivity contribution in [1.82, 2.24) is 4.90 Å². The summed E-state index contributed by atoms with van der Waals surface area (Å²) in [7, 11) is 0. The molecule has 0 spiro atoms. The van der Waals surface area contributed by atoms with Crippen molar-refractivity contribution in [3.05, 3.63) is 35.9 Å². The molecule has 2 aliphatic rings. The molecule has 1 aliphatic heterocycles. The van der Waals surface area contributed by atoms with Gasteiger partial charge in [0.15, 0.2) is 0 Å². The number of hydrogen-bond acceptors (Lipinski definition) is 2. The Hall–Kier alpha value is -1.35. The van der Waals surface area contributed by atoms with E-state index in [1.165, 1.54) is 0 Å². The number of likely N-dealkylation sites (tertiary alicyclic amines) is 1.